The summed E-state index contributed by atoms with van der Waals surface area (Å²) in [6.07, 6.45) is -1.55. The Kier molecular flexibility index (Phi) is 5.70. The number of rotatable bonds is 3. The van der Waals surface area contributed by atoms with Crippen molar-refractivity contribution >= 4 is 40.3 Å². The number of benzene rings is 3. The summed E-state index contributed by atoms with van der Waals surface area (Å²) in [6.45, 7) is 1.68. The van der Waals surface area contributed by atoms with Gasteiger partial charge in [-0.2, -0.15) is 0 Å². The number of ketones is 2. The number of aliphatic hydroxyl groups excluding tert-OH is 3. The number of hydrogen-bond acceptors (Lipinski definition) is 9. The Morgan fingerprint density at radius 1 is 1.00 bits per heavy atom. The fraction of sp³-hybridized carbons (Fsp3) is 0.226. The molecule has 0 unspecified atom stereocenters. The molecule has 1 saturated carbocycles. The molecule has 0 radical (unpaired) electrons. The number of phenolic OH excluding ortho intramolecular Hbond substituents is 1. The first-order valence-corrected chi connectivity index (χ1v) is 12.9. The molecule has 7 N–H and O–H groups in total. The molecule has 1 amide bonds. The van der Waals surface area contributed by atoms with Crippen LogP contribution in [0.4, 0.5) is 0 Å². The van der Waals surface area contributed by atoms with Crippen molar-refractivity contribution in [1.29, 1.82) is 0 Å². The number of amides is 1. The second-order valence-corrected chi connectivity index (χ2v) is 10.8. The third-order valence-corrected chi connectivity index (χ3v) is 8.85. The minimum absolute atomic E-state index is 0.0992. The molecule has 1 fully saturated rings. The van der Waals surface area contributed by atoms with Gasteiger partial charge in [0.25, 0.3) is 5.91 Å². The lowest BCUT2D eigenvalue weighted by Crippen LogP contribution is -2.63. The molecule has 3 aliphatic carbocycles. The maximum absolute atomic E-state index is 13.9. The topological polar surface area (TPSA) is 195 Å². The van der Waals surface area contributed by atoms with Gasteiger partial charge in [0.15, 0.2) is 17.7 Å². The Balaban J connectivity index is 1.64. The summed E-state index contributed by atoms with van der Waals surface area (Å²) >= 11 is 0. The molecule has 41 heavy (non-hydrogen) atoms. The number of aliphatic hydroxyl groups is 4. The van der Waals surface area contributed by atoms with E-state index in [4.69, 9.17) is 5.73 Å². The van der Waals surface area contributed by atoms with Crippen molar-refractivity contribution in [1.82, 2.24) is 0 Å². The number of carbonyl (C=O) groups excluding carboxylic acids is 4. The van der Waals surface area contributed by atoms with Gasteiger partial charge in [-0.1, -0.05) is 49.4 Å². The first-order valence-electron chi connectivity index (χ1n) is 12.9. The lowest BCUT2D eigenvalue weighted by atomic mass is 9.55. The highest BCUT2D eigenvalue weighted by atomic mass is 16.4. The summed E-state index contributed by atoms with van der Waals surface area (Å²) in [5.41, 5.74) is 2.93. The fourth-order valence-electron chi connectivity index (χ4n) is 6.97. The van der Waals surface area contributed by atoms with E-state index >= 15 is 0 Å². The van der Waals surface area contributed by atoms with Gasteiger partial charge in [0.05, 0.1) is 11.7 Å². The van der Waals surface area contributed by atoms with Gasteiger partial charge in [0, 0.05) is 29.4 Å². The molecule has 10 nitrogen and oxygen atoms in total. The van der Waals surface area contributed by atoms with Gasteiger partial charge >= 0.3 is 0 Å². The van der Waals surface area contributed by atoms with E-state index in [2.05, 4.69) is 0 Å². The Bertz CT molecular complexity index is 1800. The van der Waals surface area contributed by atoms with Crippen LogP contribution in [0.2, 0.25) is 0 Å². The van der Waals surface area contributed by atoms with Crippen LogP contribution in [0.25, 0.3) is 27.7 Å². The quantitative estimate of drug-likeness (QED) is 0.208. The largest absolute Gasteiger partial charge is 0.508 e. The van der Waals surface area contributed by atoms with Gasteiger partial charge < -0.3 is 31.3 Å². The Hall–Kier alpha value is -4.80. The van der Waals surface area contributed by atoms with Crippen molar-refractivity contribution in [2.45, 2.75) is 31.0 Å². The van der Waals surface area contributed by atoms with Gasteiger partial charge in [-0.15, -0.1) is 0 Å². The highest BCUT2D eigenvalue weighted by Gasteiger charge is 2.65. The van der Waals surface area contributed by atoms with Gasteiger partial charge in [0.1, 0.15) is 22.8 Å². The van der Waals surface area contributed by atoms with Crippen LogP contribution < -0.4 is 5.73 Å². The maximum Gasteiger partial charge on any atom is 0.255 e. The number of carbonyl (C=O) groups is 4. The lowest BCUT2D eigenvalue weighted by Gasteiger charge is -2.50. The SMILES string of the molecule is C[C@H]1c2c(-c3ccc(C=O)c4ccccc34)ccc(O)c2C(O)=C2C(=O)[C@]3(O)C(O)=C(C(N)=O)C(=O)C[C@@H]3[C@@H](O)[C@@H]21. The molecule has 3 aliphatic rings. The minimum atomic E-state index is -2.90. The van der Waals surface area contributed by atoms with Crippen LogP contribution in [0.15, 0.2) is 65.4 Å². The number of Topliss-reactive ketones (excluding diaryl/α,β-unsaturated/α-hetero) is 2. The number of nitrogens with two attached hydrogens (primary N) is 1. The fourth-order valence-corrected chi connectivity index (χ4v) is 6.97. The van der Waals surface area contributed by atoms with E-state index in [-0.39, 0.29) is 11.3 Å². The van der Waals surface area contributed by atoms with E-state index in [1.165, 1.54) is 6.07 Å². The molecule has 0 saturated heterocycles. The number of primary amides is 1. The smallest absolute Gasteiger partial charge is 0.255 e. The summed E-state index contributed by atoms with van der Waals surface area (Å²) in [6, 6.07) is 13.6. The van der Waals surface area contributed by atoms with Crippen molar-refractivity contribution in [3.63, 3.8) is 0 Å². The first kappa shape index (κ1) is 26.4. The molecule has 0 aromatic heterocycles. The number of aldehydes is 1. The second-order valence-electron chi connectivity index (χ2n) is 10.8. The second kappa shape index (κ2) is 8.85. The monoisotopic (exact) mass is 555 g/mol. The maximum atomic E-state index is 13.9. The molecule has 0 heterocycles. The van der Waals surface area contributed by atoms with Gasteiger partial charge in [0.2, 0.25) is 5.78 Å². The van der Waals surface area contributed by atoms with Crippen LogP contribution in [-0.2, 0) is 14.4 Å². The molecule has 208 valence electrons. The molecule has 0 spiro atoms. The van der Waals surface area contributed by atoms with Crippen LogP contribution in [-0.4, -0.2) is 61.0 Å². The van der Waals surface area contributed by atoms with E-state index in [0.29, 0.717) is 33.0 Å². The zero-order valence-corrected chi connectivity index (χ0v) is 21.7. The van der Waals surface area contributed by atoms with Crippen LogP contribution in [0.1, 0.15) is 40.7 Å². The average Bonchev–Trinajstić information content (AvgIpc) is 2.94. The average molecular weight is 556 g/mol. The predicted octanol–water partition coefficient (Wildman–Crippen LogP) is 2.59. The summed E-state index contributed by atoms with van der Waals surface area (Å²) in [5.74, 6) is -9.30. The van der Waals surface area contributed by atoms with E-state index in [9.17, 15) is 44.7 Å². The summed E-state index contributed by atoms with van der Waals surface area (Å²) in [4.78, 5) is 50.1. The summed E-state index contributed by atoms with van der Waals surface area (Å²) < 4.78 is 0. The van der Waals surface area contributed by atoms with Gasteiger partial charge in [-0.25, -0.2) is 0 Å². The van der Waals surface area contributed by atoms with Crippen LogP contribution >= 0.6 is 0 Å². The highest BCUT2D eigenvalue weighted by Crippen LogP contribution is 2.57. The standard InChI is InChI=1S/C31H25NO9/c1-12-21-17(16-7-6-13(11-33)14-4-2-3-5-15(14)16)8-9-19(34)23(21)27(37)25-22(12)26(36)18-10-20(35)24(30(32)40)28(38)31(18,41)29(25)39/h2-9,11-12,18,22,26,34,36-38,41H,10H2,1H3,(H2,32,40)/t12-,18+,22+,26+,31+/m0/s1. The minimum Gasteiger partial charge on any atom is -0.508 e. The Labute approximate surface area is 232 Å². The normalized spacial score (nSPS) is 27.4. The number of phenols is 1. The molecule has 10 heteroatoms. The van der Waals surface area contributed by atoms with Gasteiger partial charge in [-0.3, -0.25) is 19.2 Å². The molecule has 6 rings (SSSR count). The Morgan fingerprint density at radius 2 is 1.66 bits per heavy atom. The van der Waals surface area contributed by atoms with E-state index in [0.717, 1.165) is 6.29 Å². The van der Waals surface area contributed by atoms with E-state index in [1.807, 2.05) is 6.07 Å². The first-order chi connectivity index (χ1) is 19.4. The zero-order valence-electron chi connectivity index (χ0n) is 21.7. The highest BCUT2D eigenvalue weighted by molar-refractivity contribution is 6.23. The molecule has 3 aromatic carbocycles. The summed E-state index contributed by atoms with van der Waals surface area (Å²) in [5, 5.41) is 57.6. The van der Waals surface area contributed by atoms with Crippen molar-refractivity contribution in [2.24, 2.45) is 17.6 Å². The number of fused-ring (bicyclic) bond motifs is 4. The molecular weight excluding hydrogens is 530 g/mol. The lowest BCUT2D eigenvalue weighted by molar-refractivity contribution is -0.160. The van der Waals surface area contributed by atoms with Gasteiger partial charge in [-0.05, 0) is 39.4 Å². The Morgan fingerprint density at radius 3 is 2.32 bits per heavy atom. The van der Waals surface area contributed by atoms with Crippen molar-refractivity contribution in [2.75, 3.05) is 0 Å². The third kappa shape index (κ3) is 3.31. The zero-order chi connectivity index (χ0) is 29.5. The summed E-state index contributed by atoms with van der Waals surface area (Å²) in [7, 11) is 0. The third-order valence-electron chi connectivity index (χ3n) is 8.85. The molecule has 5 atom stereocenters. The van der Waals surface area contributed by atoms with E-state index in [1.54, 1.807) is 43.3 Å². The van der Waals surface area contributed by atoms with Crippen molar-refractivity contribution in [3.05, 3.63) is 82.1 Å². The molecule has 0 aliphatic heterocycles. The van der Waals surface area contributed by atoms with Crippen molar-refractivity contribution < 1.29 is 44.7 Å². The molecule has 0 bridgehead atoms. The van der Waals surface area contributed by atoms with Crippen LogP contribution in [0.3, 0.4) is 0 Å². The van der Waals surface area contributed by atoms with Crippen LogP contribution in [0.5, 0.6) is 5.75 Å². The molecular formula is C31H25NO9. The molecule has 3 aromatic rings. The van der Waals surface area contributed by atoms with Crippen LogP contribution in [0, 0.1) is 11.8 Å². The number of aromatic hydroxyl groups is 1. The van der Waals surface area contributed by atoms with E-state index < -0.39 is 76.0 Å². The van der Waals surface area contributed by atoms with Crippen molar-refractivity contribution in [3.8, 4) is 16.9 Å². The number of hydrogen-bond donors (Lipinski definition) is 6. The predicted molar refractivity (Wildman–Crippen MR) is 146 cm³/mol.